The monoisotopic (exact) mass is 251 g/mol. The molecule has 1 aromatic rings. The number of carbonyl (C=O) groups is 2. The van der Waals surface area contributed by atoms with E-state index >= 15 is 0 Å². The molecule has 1 N–H and O–H groups in total. The van der Waals surface area contributed by atoms with Gasteiger partial charge in [0.05, 0.1) is 11.5 Å². The molecule has 0 radical (unpaired) electrons. The van der Waals surface area contributed by atoms with Crippen LogP contribution in [0.15, 0.2) is 10.5 Å². The van der Waals surface area contributed by atoms with Gasteiger partial charge in [0.1, 0.15) is 11.5 Å². The van der Waals surface area contributed by atoms with Crippen molar-refractivity contribution in [2.24, 2.45) is 5.92 Å². The molecule has 1 atom stereocenters. The summed E-state index contributed by atoms with van der Waals surface area (Å²) in [6.45, 7) is 4.45. The van der Waals surface area contributed by atoms with Crippen molar-refractivity contribution in [3.63, 3.8) is 0 Å². The van der Waals surface area contributed by atoms with Gasteiger partial charge in [-0.05, 0) is 32.8 Å². The highest BCUT2D eigenvalue weighted by atomic mass is 16.4. The van der Waals surface area contributed by atoms with Gasteiger partial charge in [-0.1, -0.05) is 0 Å². The van der Waals surface area contributed by atoms with E-state index in [1.54, 1.807) is 24.8 Å². The molecule has 18 heavy (non-hydrogen) atoms. The van der Waals surface area contributed by atoms with Gasteiger partial charge in [0.15, 0.2) is 0 Å². The van der Waals surface area contributed by atoms with E-state index in [0.29, 0.717) is 30.0 Å². The number of furan rings is 1. The van der Waals surface area contributed by atoms with Crippen LogP contribution in [0.4, 0.5) is 0 Å². The number of nitrogens with zero attached hydrogens (tertiary/aromatic N) is 1. The fraction of sp³-hybridized carbons (Fsp3) is 0.538. The maximum Gasteiger partial charge on any atom is 0.308 e. The first-order valence-electron chi connectivity index (χ1n) is 6.08. The van der Waals surface area contributed by atoms with Crippen LogP contribution in [0.1, 0.15) is 34.7 Å². The molecule has 0 aromatic carbocycles. The Morgan fingerprint density at radius 2 is 2.17 bits per heavy atom. The summed E-state index contributed by atoms with van der Waals surface area (Å²) in [4.78, 5) is 24.9. The zero-order chi connectivity index (χ0) is 13.3. The van der Waals surface area contributed by atoms with Crippen LogP contribution in [0, 0.1) is 19.8 Å². The van der Waals surface area contributed by atoms with Crippen molar-refractivity contribution >= 4 is 11.9 Å². The molecule has 5 nitrogen and oxygen atoms in total. The summed E-state index contributed by atoms with van der Waals surface area (Å²) in [5, 5.41) is 9.01. The molecule has 0 saturated carbocycles. The lowest BCUT2D eigenvalue weighted by Gasteiger charge is -2.30. The van der Waals surface area contributed by atoms with E-state index in [4.69, 9.17) is 9.52 Å². The Bertz CT molecular complexity index is 477. The van der Waals surface area contributed by atoms with E-state index < -0.39 is 11.9 Å². The van der Waals surface area contributed by atoms with Gasteiger partial charge in [0.25, 0.3) is 5.91 Å². The molecule has 1 aromatic heterocycles. The number of aliphatic carboxylic acids is 1. The molecule has 98 valence electrons. The normalized spacial score (nSPS) is 19.9. The number of aryl methyl sites for hydroxylation is 2. The van der Waals surface area contributed by atoms with Gasteiger partial charge in [-0.25, -0.2) is 0 Å². The Hall–Kier alpha value is -1.78. The Labute approximate surface area is 105 Å². The summed E-state index contributed by atoms with van der Waals surface area (Å²) in [7, 11) is 0. The van der Waals surface area contributed by atoms with E-state index in [1.165, 1.54) is 0 Å². The first-order chi connectivity index (χ1) is 8.49. The highest BCUT2D eigenvalue weighted by Crippen LogP contribution is 2.21. The standard InChI is InChI=1S/C13H17NO4/c1-8-6-11(9(2)18-8)12(15)14-5-3-4-10(7-14)13(16)17/h6,10H,3-5,7H2,1-2H3,(H,16,17). The quantitative estimate of drug-likeness (QED) is 0.870. The van der Waals surface area contributed by atoms with Crippen LogP contribution in [-0.2, 0) is 4.79 Å². The largest absolute Gasteiger partial charge is 0.481 e. The molecule has 1 unspecified atom stereocenters. The van der Waals surface area contributed by atoms with Crippen molar-refractivity contribution in [3.05, 3.63) is 23.2 Å². The lowest BCUT2D eigenvalue weighted by molar-refractivity contribution is -0.143. The van der Waals surface area contributed by atoms with Crippen molar-refractivity contribution in [3.8, 4) is 0 Å². The van der Waals surface area contributed by atoms with Gasteiger partial charge in [-0.2, -0.15) is 0 Å². The molecule has 1 saturated heterocycles. The minimum Gasteiger partial charge on any atom is -0.481 e. The number of hydrogen-bond donors (Lipinski definition) is 1. The molecule has 1 aliphatic heterocycles. The topological polar surface area (TPSA) is 70.8 Å². The van der Waals surface area contributed by atoms with Crippen LogP contribution in [0.5, 0.6) is 0 Å². The minimum absolute atomic E-state index is 0.129. The number of rotatable bonds is 2. The van der Waals surface area contributed by atoms with Gasteiger partial charge in [-0.15, -0.1) is 0 Å². The van der Waals surface area contributed by atoms with Crippen molar-refractivity contribution in [2.45, 2.75) is 26.7 Å². The maximum atomic E-state index is 12.3. The molecule has 0 bridgehead atoms. The fourth-order valence-electron chi connectivity index (χ4n) is 2.38. The smallest absolute Gasteiger partial charge is 0.308 e. The van der Waals surface area contributed by atoms with E-state index in [0.717, 1.165) is 6.42 Å². The number of carboxylic acids is 1. The Morgan fingerprint density at radius 3 is 2.72 bits per heavy atom. The van der Waals surface area contributed by atoms with E-state index in [1.807, 2.05) is 0 Å². The molecule has 1 fully saturated rings. The first kappa shape index (κ1) is 12.7. The van der Waals surface area contributed by atoms with Gasteiger partial charge < -0.3 is 14.4 Å². The zero-order valence-corrected chi connectivity index (χ0v) is 10.6. The summed E-state index contributed by atoms with van der Waals surface area (Å²) in [5.74, 6) is -0.114. The third-order valence-corrected chi connectivity index (χ3v) is 3.33. The SMILES string of the molecule is Cc1cc(C(=O)N2CCCC(C(=O)O)C2)c(C)o1. The Balaban J connectivity index is 2.14. The number of likely N-dealkylation sites (tertiary alicyclic amines) is 1. The summed E-state index contributed by atoms with van der Waals surface area (Å²) in [6, 6.07) is 1.71. The Morgan fingerprint density at radius 1 is 1.44 bits per heavy atom. The zero-order valence-electron chi connectivity index (χ0n) is 10.6. The van der Waals surface area contributed by atoms with Crippen LogP contribution in [0.2, 0.25) is 0 Å². The highest BCUT2D eigenvalue weighted by Gasteiger charge is 2.29. The second kappa shape index (κ2) is 4.84. The Kier molecular flexibility index (Phi) is 3.41. The number of carbonyl (C=O) groups excluding carboxylic acids is 1. The average Bonchev–Trinajstić information content (AvgIpc) is 2.67. The van der Waals surface area contributed by atoms with Crippen LogP contribution < -0.4 is 0 Å². The van der Waals surface area contributed by atoms with E-state index in [-0.39, 0.29) is 12.5 Å². The number of carboxylic acid groups (broad SMARTS) is 1. The van der Waals surface area contributed by atoms with Gasteiger partial charge in [-0.3, -0.25) is 9.59 Å². The molecule has 0 spiro atoms. The van der Waals surface area contributed by atoms with Crippen molar-refractivity contribution < 1.29 is 19.1 Å². The van der Waals surface area contributed by atoms with E-state index in [2.05, 4.69) is 0 Å². The summed E-state index contributed by atoms with van der Waals surface area (Å²) in [6.07, 6.45) is 1.38. The number of amides is 1. The van der Waals surface area contributed by atoms with Gasteiger partial charge in [0.2, 0.25) is 0 Å². The number of hydrogen-bond acceptors (Lipinski definition) is 3. The summed E-state index contributed by atoms with van der Waals surface area (Å²) in [5.41, 5.74) is 0.540. The lowest BCUT2D eigenvalue weighted by atomic mass is 9.97. The van der Waals surface area contributed by atoms with Crippen LogP contribution in [-0.4, -0.2) is 35.0 Å². The second-order valence-corrected chi connectivity index (χ2v) is 4.76. The summed E-state index contributed by atoms with van der Waals surface area (Å²) < 4.78 is 5.34. The third-order valence-electron chi connectivity index (χ3n) is 3.33. The molecule has 0 aliphatic carbocycles. The average molecular weight is 251 g/mol. The van der Waals surface area contributed by atoms with Crippen LogP contribution >= 0.6 is 0 Å². The van der Waals surface area contributed by atoms with E-state index in [9.17, 15) is 9.59 Å². The van der Waals surface area contributed by atoms with Gasteiger partial charge in [0, 0.05) is 13.1 Å². The summed E-state index contributed by atoms with van der Waals surface area (Å²) >= 11 is 0. The number of piperidine rings is 1. The predicted molar refractivity (Wildman–Crippen MR) is 64.4 cm³/mol. The van der Waals surface area contributed by atoms with Crippen molar-refractivity contribution in [1.82, 2.24) is 4.90 Å². The lowest BCUT2D eigenvalue weighted by Crippen LogP contribution is -2.42. The van der Waals surface area contributed by atoms with Crippen LogP contribution in [0.25, 0.3) is 0 Å². The molecule has 5 heteroatoms. The molecular formula is C13H17NO4. The molecule has 2 rings (SSSR count). The van der Waals surface area contributed by atoms with Crippen molar-refractivity contribution in [2.75, 3.05) is 13.1 Å². The van der Waals surface area contributed by atoms with Crippen LogP contribution in [0.3, 0.4) is 0 Å². The molecular weight excluding hydrogens is 234 g/mol. The fourth-order valence-corrected chi connectivity index (χ4v) is 2.38. The molecule has 1 aliphatic rings. The maximum absolute atomic E-state index is 12.3. The minimum atomic E-state index is -0.826. The van der Waals surface area contributed by atoms with Crippen molar-refractivity contribution in [1.29, 1.82) is 0 Å². The highest BCUT2D eigenvalue weighted by molar-refractivity contribution is 5.95. The second-order valence-electron chi connectivity index (χ2n) is 4.76. The third kappa shape index (κ3) is 2.39. The van der Waals surface area contributed by atoms with Gasteiger partial charge >= 0.3 is 5.97 Å². The molecule has 1 amide bonds. The molecule has 2 heterocycles. The predicted octanol–water partition coefficient (Wildman–Crippen LogP) is 1.83. The first-order valence-corrected chi connectivity index (χ1v) is 6.08.